The van der Waals surface area contributed by atoms with E-state index in [0.717, 1.165) is 37.6 Å². The number of alkyl halides is 3. The summed E-state index contributed by atoms with van der Waals surface area (Å²) < 4.78 is 42.3. The van der Waals surface area contributed by atoms with E-state index in [1.165, 1.54) is 6.07 Å². The Labute approximate surface area is 172 Å². The highest BCUT2D eigenvalue weighted by molar-refractivity contribution is 5.70. The van der Waals surface area contributed by atoms with Crippen LogP contribution in [0.25, 0.3) is 11.3 Å². The van der Waals surface area contributed by atoms with Crippen molar-refractivity contribution in [2.45, 2.75) is 38.9 Å². The molecule has 1 aromatic carbocycles. The number of hydrogen-bond acceptors (Lipinski definition) is 7. The fourth-order valence-electron chi connectivity index (χ4n) is 2.98. The van der Waals surface area contributed by atoms with Crippen LogP contribution in [-0.2, 0) is 15.7 Å². The molecule has 1 aliphatic rings. The van der Waals surface area contributed by atoms with Gasteiger partial charge in [-0.15, -0.1) is 10.2 Å². The third kappa shape index (κ3) is 6.58. The lowest BCUT2D eigenvalue weighted by Crippen LogP contribution is -2.38. The van der Waals surface area contributed by atoms with Crippen molar-refractivity contribution in [1.29, 1.82) is 0 Å². The zero-order valence-corrected chi connectivity index (χ0v) is 16.8. The maximum Gasteiger partial charge on any atom is 0.416 e. The average molecular weight is 426 g/mol. The number of anilines is 1. The van der Waals surface area contributed by atoms with Gasteiger partial charge in [0.1, 0.15) is 11.6 Å². The second-order valence-electron chi connectivity index (χ2n) is 6.73. The molecule has 0 amide bonds. The Hall–Kier alpha value is -2.88. The Balaban J connectivity index is 0.000000575. The third-order valence-corrected chi connectivity index (χ3v) is 4.45. The topological polar surface area (TPSA) is 96.4 Å². The van der Waals surface area contributed by atoms with Crippen LogP contribution in [0.2, 0.25) is 0 Å². The van der Waals surface area contributed by atoms with Crippen LogP contribution in [0, 0.1) is 6.92 Å². The van der Waals surface area contributed by atoms with Crippen molar-refractivity contribution in [2.75, 3.05) is 25.0 Å². The number of phenolic OH excluding ortho intramolecular Hbond substituents is 1. The lowest BCUT2D eigenvalue weighted by molar-refractivity contribution is -0.137. The molecule has 3 N–H and O–H groups in total. The zero-order chi connectivity index (χ0) is 22.1. The molecule has 1 fully saturated rings. The quantitative estimate of drug-likeness (QED) is 0.630. The molecule has 0 radical (unpaired) electrons. The predicted molar refractivity (Wildman–Crippen MR) is 106 cm³/mol. The molecule has 2 aromatic rings. The Kier molecular flexibility index (Phi) is 8.40. The summed E-state index contributed by atoms with van der Waals surface area (Å²) in [6, 6.07) is 4.90. The van der Waals surface area contributed by atoms with Gasteiger partial charge >= 0.3 is 6.18 Å². The maximum absolute atomic E-state index is 12.7. The zero-order valence-electron chi connectivity index (χ0n) is 16.8. The monoisotopic (exact) mass is 426 g/mol. The van der Waals surface area contributed by atoms with E-state index in [9.17, 15) is 23.1 Å². The number of aryl methyl sites for hydroxylation is 1. The highest BCUT2D eigenvalue weighted by atomic mass is 19.4. The lowest BCUT2D eigenvalue weighted by Gasteiger charge is -2.24. The van der Waals surface area contributed by atoms with Crippen LogP contribution in [0.3, 0.4) is 0 Å². The van der Waals surface area contributed by atoms with Gasteiger partial charge in [-0.2, -0.15) is 13.2 Å². The predicted octanol–water partition coefficient (Wildman–Crippen LogP) is 3.52. The molecule has 1 unspecified atom stereocenters. The fourth-order valence-corrected chi connectivity index (χ4v) is 2.98. The van der Waals surface area contributed by atoms with Crippen LogP contribution >= 0.6 is 0 Å². The largest absolute Gasteiger partial charge is 0.507 e. The Bertz CT molecular complexity index is 841. The van der Waals surface area contributed by atoms with Crippen molar-refractivity contribution in [3.05, 3.63) is 35.4 Å². The van der Waals surface area contributed by atoms with Crippen molar-refractivity contribution in [2.24, 2.45) is 0 Å². The molecular weight excluding hydrogens is 401 g/mol. The molecule has 7 nitrogen and oxygen atoms in total. The first-order chi connectivity index (χ1) is 14.3. The number of ether oxygens (including phenoxy) is 1. The van der Waals surface area contributed by atoms with Gasteiger partial charge < -0.3 is 20.5 Å². The Morgan fingerprint density at radius 2 is 2.10 bits per heavy atom. The summed E-state index contributed by atoms with van der Waals surface area (Å²) in [6.07, 6.45) is -2.38. The number of carbonyl (C=O) groups excluding carboxylic acids is 1. The van der Waals surface area contributed by atoms with Gasteiger partial charge in [0, 0.05) is 18.2 Å². The number of aromatic nitrogens is 2. The summed E-state index contributed by atoms with van der Waals surface area (Å²) in [5.74, 6) is 0.144. The number of halogens is 3. The summed E-state index contributed by atoms with van der Waals surface area (Å²) in [5.41, 5.74) is 0.404. The molecule has 0 bridgehead atoms. The van der Waals surface area contributed by atoms with Crippen LogP contribution in [0.1, 0.15) is 30.9 Å². The first kappa shape index (κ1) is 23.4. The minimum Gasteiger partial charge on any atom is -0.507 e. The molecule has 1 atom stereocenters. The number of phenols is 1. The molecular formula is C20H25F3N4O3. The van der Waals surface area contributed by atoms with E-state index in [1.807, 2.05) is 0 Å². The van der Waals surface area contributed by atoms with E-state index in [1.54, 1.807) is 19.9 Å². The summed E-state index contributed by atoms with van der Waals surface area (Å²) >= 11 is 0. The van der Waals surface area contributed by atoms with Gasteiger partial charge in [-0.25, -0.2) is 0 Å². The molecule has 30 heavy (non-hydrogen) atoms. The smallest absolute Gasteiger partial charge is 0.416 e. The number of rotatable bonds is 5. The standard InChI is InChI=1S/C17H19F3N4O.C3H6O2/c1-10-7-15(22-12-3-2-6-21-9-12)23-24-16(10)13-5-4-11(8-14(13)25)17(18,19)20;1-2-5-3-4/h4-5,7-8,12,21,25H,2-3,6,9H2,1H3,(H,22,23);3H,2H2,1H3. The molecule has 164 valence electrons. The molecule has 3 rings (SSSR count). The molecule has 0 saturated carbocycles. The molecule has 1 saturated heterocycles. The van der Waals surface area contributed by atoms with Crippen LogP contribution in [0.5, 0.6) is 5.75 Å². The van der Waals surface area contributed by atoms with E-state index < -0.39 is 17.5 Å². The van der Waals surface area contributed by atoms with Crippen molar-refractivity contribution in [3.63, 3.8) is 0 Å². The van der Waals surface area contributed by atoms with Gasteiger partial charge in [-0.3, -0.25) is 4.79 Å². The number of nitrogens with one attached hydrogen (secondary N) is 2. The van der Waals surface area contributed by atoms with E-state index in [0.29, 0.717) is 30.7 Å². The summed E-state index contributed by atoms with van der Waals surface area (Å²) in [5, 5.41) is 24.8. The van der Waals surface area contributed by atoms with Crippen molar-refractivity contribution >= 4 is 12.3 Å². The van der Waals surface area contributed by atoms with Crippen LogP contribution in [0.15, 0.2) is 24.3 Å². The van der Waals surface area contributed by atoms with Crippen molar-refractivity contribution in [3.8, 4) is 17.0 Å². The second kappa shape index (κ2) is 10.8. The van der Waals surface area contributed by atoms with Crippen LogP contribution < -0.4 is 10.6 Å². The summed E-state index contributed by atoms with van der Waals surface area (Å²) in [4.78, 5) is 9.18. The molecule has 2 heterocycles. The molecule has 1 aliphatic heterocycles. The average Bonchev–Trinajstić information content (AvgIpc) is 2.70. The first-order valence-electron chi connectivity index (χ1n) is 9.53. The maximum atomic E-state index is 12.7. The first-order valence-corrected chi connectivity index (χ1v) is 9.53. The second-order valence-corrected chi connectivity index (χ2v) is 6.73. The number of aromatic hydroxyl groups is 1. The van der Waals surface area contributed by atoms with Crippen LogP contribution in [-0.4, -0.2) is 47.5 Å². The number of piperidine rings is 1. The lowest BCUT2D eigenvalue weighted by atomic mass is 10.0. The van der Waals surface area contributed by atoms with Crippen molar-refractivity contribution in [1.82, 2.24) is 15.5 Å². The minimum absolute atomic E-state index is 0.226. The van der Waals surface area contributed by atoms with Crippen molar-refractivity contribution < 1.29 is 27.8 Å². The number of hydrogen-bond donors (Lipinski definition) is 3. The highest BCUT2D eigenvalue weighted by Gasteiger charge is 2.31. The number of nitrogens with zero attached hydrogens (tertiary/aromatic N) is 2. The van der Waals surface area contributed by atoms with E-state index in [4.69, 9.17) is 0 Å². The summed E-state index contributed by atoms with van der Waals surface area (Å²) in [7, 11) is 0. The van der Waals surface area contributed by atoms with E-state index in [-0.39, 0.29) is 11.6 Å². The normalized spacial score (nSPS) is 16.2. The van der Waals surface area contributed by atoms with Gasteiger partial charge in [0.15, 0.2) is 0 Å². The van der Waals surface area contributed by atoms with Crippen LogP contribution in [0.4, 0.5) is 19.0 Å². The van der Waals surface area contributed by atoms with Gasteiger partial charge in [-0.05, 0) is 63.1 Å². The highest BCUT2D eigenvalue weighted by Crippen LogP contribution is 2.36. The Morgan fingerprint density at radius 1 is 1.33 bits per heavy atom. The van der Waals surface area contributed by atoms with E-state index >= 15 is 0 Å². The molecule has 10 heteroatoms. The van der Waals surface area contributed by atoms with Gasteiger partial charge in [0.05, 0.1) is 17.9 Å². The fraction of sp³-hybridized carbons (Fsp3) is 0.450. The van der Waals surface area contributed by atoms with Gasteiger partial charge in [0.25, 0.3) is 6.47 Å². The molecule has 1 aromatic heterocycles. The molecule has 0 spiro atoms. The SMILES string of the molecule is CCOC=O.Cc1cc(NC2CCCNC2)nnc1-c1ccc(C(F)(F)F)cc1O. The van der Waals surface area contributed by atoms with Gasteiger partial charge in [0.2, 0.25) is 0 Å². The number of carbonyl (C=O) groups is 1. The molecule has 0 aliphatic carbocycles. The number of benzene rings is 1. The van der Waals surface area contributed by atoms with E-state index in [2.05, 4.69) is 25.6 Å². The third-order valence-electron chi connectivity index (χ3n) is 4.45. The Morgan fingerprint density at radius 3 is 2.60 bits per heavy atom. The minimum atomic E-state index is -4.50. The van der Waals surface area contributed by atoms with Gasteiger partial charge in [-0.1, -0.05) is 0 Å². The summed E-state index contributed by atoms with van der Waals surface area (Å²) in [6.45, 7) is 6.31.